The van der Waals surface area contributed by atoms with E-state index in [1.54, 1.807) is 0 Å². The number of carboxylic acids is 1. The minimum absolute atomic E-state index is 0.0261. The molecular weight excluding hydrogens is 278 g/mol. The number of amides is 1. The molecule has 0 aromatic heterocycles. The van der Waals surface area contributed by atoms with E-state index in [1.165, 1.54) is 11.1 Å². The number of hydrogen-bond donors (Lipinski definition) is 1. The number of carboxylic acid groups (broad SMARTS) is 1. The first-order valence-electron chi connectivity index (χ1n) is 7.97. The van der Waals surface area contributed by atoms with E-state index >= 15 is 0 Å². The predicted molar refractivity (Wildman–Crippen MR) is 81.2 cm³/mol. The molecule has 0 saturated heterocycles. The van der Waals surface area contributed by atoms with Crippen molar-refractivity contribution < 1.29 is 14.7 Å². The van der Waals surface area contributed by atoms with Crippen LogP contribution in [0.2, 0.25) is 0 Å². The standard InChI is InChI=1S/C18H21NO3/c1-17(2)13(14(17)16(21)22)15(20)19-9-11-5-3-4-6-12(11)18(10-19)7-8-18/h3-6,13-14H,7-10H2,1-2H3,(H,21,22)/t13-,14+/m1/s1. The van der Waals surface area contributed by atoms with Gasteiger partial charge in [0.25, 0.3) is 0 Å². The first-order valence-corrected chi connectivity index (χ1v) is 7.97. The van der Waals surface area contributed by atoms with Crippen molar-refractivity contribution in [2.75, 3.05) is 6.54 Å². The zero-order valence-corrected chi connectivity index (χ0v) is 13.0. The maximum absolute atomic E-state index is 12.9. The summed E-state index contributed by atoms with van der Waals surface area (Å²) in [6.45, 7) is 5.15. The van der Waals surface area contributed by atoms with Crippen LogP contribution in [-0.2, 0) is 21.5 Å². The normalized spacial score (nSPS) is 29.8. The molecule has 1 heterocycles. The summed E-state index contributed by atoms with van der Waals surface area (Å²) in [6, 6.07) is 8.37. The van der Waals surface area contributed by atoms with Crippen molar-refractivity contribution >= 4 is 11.9 Å². The van der Waals surface area contributed by atoms with Crippen molar-refractivity contribution in [3.05, 3.63) is 35.4 Å². The van der Waals surface area contributed by atoms with Crippen LogP contribution in [0.25, 0.3) is 0 Å². The molecule has 1 aliphatic heterocycles. The van der Waals surface area contributed by atoms with Crippen LogP contribution in [-0.4, -0.2) is 28.4 Å². The van der Waals surface area contributed by atoms with E-state index in [4.69, 9.17) is 0 Å². The van der Waals surface area contributed by atoms with Crippen molar-refractivity contribution in [1.82, 2.24) is 4.90 Å². The topological polar surface area (TPSA) is 57.6 Å². The Morgan fingerprint density at radius 3 is 2.45 bits per heavy atom. The molecular formula is C18H21NO3. The van der Waals surface area contributed by atoms with Gasteiger partial charge in [-0.1, -0.05) is 38.1 Å². The summed E-state index contributed by atoms with van der Waals surface area (Å²) in [4.78, 5) is 26.1. The van der Waals surface area contributed by atoms with Crippen LogP contribution in [0.3, 0.4) is 0 Å². The van der Waals surface area contributed by atoms with Crippen LogP contribution in [0.15, 0.2) is 24.3 Å². The number of aliphatic carboxylic acids is 1. The number of carbonyl (C=O) groups is 2. The largest absolute Gasteiger partial charge is 0.481 e. The number of benzene rings is 1. The number of nitrogens with zero attached hydrogens (tertiary/aromatic N) is 1. The van der Waals surface area contributed by atoms with E-state index < -0.39 is 17.3 Å². The summed E-state index contributed by atoms with van der Waals surface area (Å²) in [7, 11) is 0. The molecule has 2 aliphatic carbocycles. The maximum atomic E-state index is 12.9. The monoisotopic (exact) mass is 299 g/mol. The summed E-state index contributed by atoms with van der Waals surface area (Å²) in [6.07, 6.45) is 2.26. The lowest BCUT2D eigenvalue weighted by molar-refractivity contribution is -0.142. The molecule has 116 valence electrons. The quantitative estimate of drug-likeness (QED) is 0.912. The molecule has 0 radical (unpaired) electrons. The summed E-state index contributed by atoms with van der Waals surface area (Å²) in [5.41, 5.74) is 2.34. The zero-order valence-electron chi connectivity index (χ0n) is 13.0. The van der Waals surface area contributed by atoms with Gasteiger partial charge in [-0.25, -0.2) is 0 Å². The van der Waals surface area contributed by atoms with Crippen molar-refractivity contribution in [3.8, 4) is 0 Å². The van der Waals surface area contributed by atoms with Gasteiger partial charge in [-0.15, -0.1) is 0 Å². The van der Waals surface area contributed by atoms with Crippen LogP contribution in [0.4, 0.5) is 0 Å². The maximum Gasteiger partial charge on any atom is 0.307 e. The molecule has 4 nitrogen and oxygen atoms in total. The highest BCUT2D eigenvalue weighted by Crippen LogP contribution is 2.60. The van der Waals surface area contributed by atoms with Crippen LogP contribution < -0.4 is 0 Å². The van der Waals surface area contributed by atoms with Crippen LogP contribution in [0.5, 0.6) is 0 Å². The van der Waals surface area contributed by atoms with Gasteiger partial charge in [-0.3, -0.25) is 9.59 Å². The fourth-order valence-corrected chi connectivity index (χ4v) is 4.38. The third kappa shape index (κ3) is 1.76. The summed E-state index contributed by atoms with van der Waals surface area (Å²) in [5, 5.41) is 9.31. The lowest BCUT2D eigenvalue weighted by Gasteiger charge is -2.35. The van der Waals surface area contributed by atoms with Crippen molar-refractivity contribution in [2.45, 2.75) is 38.6 Å². The van der Waals surface area contributed by atoms with Crippen molar-refractivity contribution in [2.24, 2.45) is 17.3 Å². The number of fused-ring (bicyclic) bond motifs is 2. The average molecular weight is 299 g/mol. The van der Waals surface area contributed by atoms with Crippen LogP contribution in [0.1, 0.15) is 37.8 Å². The van der Waals surface area contributed by atoms with Gasteiger partial charge in [-0.2, -0.15) is 0 Å². The van der Waals surface area contributed by atoms with Crippen LogP contribution in [0, 0.1) is 17.3 Å². The van der Waals surface area contributed by atoms with Gasteiger partial charge in [0.15, 0.2) is 0 Å². The Morgan fingerprint density at radius 2 is 1.86 bits per heavy atom. The molecule has 3 aliphatic rings. The molecule has 4 heteroatoms. The Bertz CT molecular complexity index is 675. The molecule has 2 saturated carbocycles. The molecule has 4 rings (SSSR count). The third-order valence-corrected chi connectivity index (χ3v) is 5.97. The zero-order chi connectivity index (χ0) is 15.7. The second kappa shape index (κ2) is 4.12. The highest BCUT2D eigenvalue weighted by Gasteiger charge is 2.67. The Kier molecular flexibility index (Phi) is 2.58. The Balaban J connectivity index is 1.61. The molecule has 22 heavy (non-hydrogen) atoms. The highest BCUT2D eigenvalue weighted by atomic mass is 16.4. The summed E-state index contributed by atoms with van der Waals surface area (Å²) >= 11 is 0. The van der Waals surface area contributed by atoms with Crippen LogP contribution >= 0.6 is 0 Å². The fourth-order valence-electron chi connectivity index (χ4n) is 4.38. The second-order valence-corrected chi connectivity index (χ2v) is 7.75. The third-order valence-electron chi connectivity index (χ3n) is 5.97. The number of rotatable bonds is 2. The summed E-state index contributed by atoms with van der Waals surface area (Å²) < 4.78 is 0. The molecule has 0 unspecified atom stereocenters. The minimum atomic E-state index is -0.845. The molecule has 0 bridgehead atoms. The highest BCUT2D eigenvalue weighted by molar-refractivity contribution is 5.92. The van der Waals surface area contributed by atoms with E-state index in [0.29, 0.717) is 6.54 Å². The van der Waals surface area contributed by atoms with Gasteiger partial charge < -0.3 is 10.0 Å². The first-order chi connectivity index (χ1) is 10.4. The smallest absolute Gasteiger partial charge is 0.307 e. The van der Waals surface area contributed by atoms with E-state index in [9.17, 15) is 14.7 Å². The Labute approximate surface area is 130 Å². The predicted octanol–water partition coefficient (Wildman–Crippen LogP) is 2.42. The number of carbonyl (C=O) groups excluding carboxylic acids is 1. The average Bonchev–Trinajstić information content (AvgIpc) is 3.34. The fraction of sp³-hybridized carbons (Fsp3) is 0.556. The molecule has 1 aromatic carbocycles. The Hall–Kier alpha value is -1.84. The molecule has 2 fully saturated rings. The SMILES string of the molecule is CC1(C)[C@H](C(=O)O)[C@@H]1C(=O)N1Cc2ccccc2C2(CC2)C1. The number of hydrogen-bond acceptors (Lipinski definition) is 2. The summed E-state index contributed by atoms with van der Waals surface area (Å²) in [5.74, 6) is -1.72. The van der Waals surface area contributed by atoms with E-state index in [2.05, 4.69) is 18.2 Å². The minimum Gasteiger partial charge on any atom is -0.481 e. The molecule has 1 spiro atoms. The van der Waals surface area contributed by atoms with Crippen molar-refractivity contribution in [3.63, 3.8) is 0 Å². The second-order valence-electron chi connectivity index (χ2n) is 7.75. The van der Waals surface area contributed by atoms with E-state index in [0.717, 1.165) is 19.4 Å². The van der Waals surface area contributed by atoms with E-state index in [1.807, 2.05) is 24.8 Å². The van der Waals surface area contributed by atoms with Gasteiger partial charge in [0.05, 0.1) is 11.8 Å². The van der Waals surface area contributed by atoms with Gasteiger partial charge in [0.1, 0.15) is 0 Å². The first kappa shape index (κ1) is 13.8. The van der Waals surface area contributed by atoms with Gasteiger partial charge in [0, 0.05) is 18.5 Å². The van der Waals surface area contributed by atoms with Gasteiger partial charge in [0.2, 0.25) is 5.91 Å². The molecule has 1 N–H and O–H groups in total. The van der Waals surface area contributed by atoms with Gasteiger partial charge >= 0.3 is 5.97 Å². The Morgan fingerprint density at radius 1 is 1.18 bits per heavy atom. The van der Waals surface area contributed by atoms with Gasteiger partial charge in [-0.05, 0) is 29.4 Å². The molecule has 2 atom stereocenters. The van der Waals surface area contributed by atoms with E-state index in [-0.39, 0.29) is 17.2 Å². The molecule has 1 aromatic rings. The molecule has 1 amide bonds. The van der Waals surface area contributed by atoms with Crippen molar-refractivity contribution in [1.29, 1.82) is 0 Å². The lowest BCUT2D eigenvalue weighted by atomic mass is 9.86. The lowest BCUT2D eigenvalue weighted by Crippen LogP contribution is -2.43.